The van der Waals surface area contributed by atoms with E-state index in [4.69, 9.17) is 0 Å². The molecule has 0 bridgehead atoms. The minimum Gasteiger partial charge on any atom is -0.332 e. The molecule has 2 rings (SSSR count). The Hall–Kier alpha value is -2.43. The van der Waals surface area contributed by atoms with Gasteiger partial charge in [-0.2, -0.15) is 0 Å². The molecular weight excluding hydrogens is 233 g/mol. The third-order valence-electron chi connectivity index (χ3n) is 2.28. The number of hydrogen-bond acceptors (Lipinski definition) is 2. The number of para-hydroxylation sites is 1. The number of carbonyl (C=O) groups is 1. The Morgan fingerprint density at radius 2 is 1.94 bits per heavy atom. The van der Waals surface area contributed by atoms with Gasteiger partial charge in [-0.3, -0.25) is 4.98 Å². The predicted molar refractivity (Wildman–Crippen MR) is 66.5 cm³/mol. The summed E-state index contributed by atoms with van der Waals surface area (Å²) >= 11 is 0. The van der Waals surface area contributed by atoms with Crippen molar-refractivity contribution in [3.63, 3.8) is 0 Å². The van der Waals surface area contributed by atoms with E-state index >= 15 is 0 Å². The average Bonchev–Trinajstić information content (AvgIpc) is 2.39. The fourth-order valence-corrected chi connectivity index (χ4v) is 1.41. The maximum atomic E-state index is 13.2. The fraction of sp³-hybridized carbons (Fsp3) is 0.0769. The van der Waals surface area contributed by atoms with Crippen LogP contribution in [0.15, 0.2) is 48.7 Å². The molecule has 0 saturated heterocycles. The Morgan fingerprint density at radius 1 is 1.17 bits per heavy atom. The number of urea groups is 1. The quantitative estimate of drug-likeness (QED) is 0.873. The third kappa shape index (κ3) is 3.28. The number of rotatable bonds is 3. The lowest BCUT2D eigenvalue weighted by Crippen LogP contribution is -2.28. The fourth-order valence-electron chi connectivity index (χ4n) is 1.41. The van der Waals surface area contributed by atoms with Crippen molar-refractivity contribution in [3.8, 4) is 0 Å². The molecule has 0 atom stereocenters. The predicted octanol–water partition coefficient (Wildman–Crippen LogP) is 2.54. The van der Waals surface area contributed by atoms with Gasteiger partial charge in [0.25, 0.3) is 0 Å². The van der Waals surface area contributed by atoms with Crippen LogP contribution < -0.4 is 10.6 Å². The van der Waals surface area contributed by atoms with E-state index in [2.05, 4.69) is 15.6 Å². The highest BCUT2D eigenvalue weighted by Gasteiger charge is 2.05. The van der Waals surface area contributed by atoms with Crippen LogP contribution in [0.25, 0.3) is 0 Å². The van der Waals surface area contributed by atoms with E-state index in [1.165, 1.54) is 18.3 Å². The van der Waals surface area contributed by atoms with Gasteiger partial charge in [0.1, 0.15) is 5.82 Å². The Bertz CT molecular complexity index is 531. The van der Waals surface area contributed by atoms with Crippen LogP contribution in [0, 0.1) is 5.82 Å². The van der Waals surface area contributed by atoms with Crippen molar-refractivity contribution in [2.45, 2.75) is 6.54 Å². The molecule has 1 aromatic carbocycles. The number of benzene rings is 1. The molecule has 18 heavy (non-hydrogen) atoms. The zero-order chi connectivity index (χ0) is 12.8. The molecule has 2 aromatic rings. The Balaban J connectivity index is 1.88. The zero-order valence-corrected chi connectivity index (χ0v) is 9.56. The number of hydrogen-bond donors (Lipinski definition) is 2. The van der Waals surface area contributed by atoms with Gasteiger partial charge in [0, 0.05) is 11.9 Å². The lowest BCUT2D eigenvalue weighted by Gasteiger charge is -2.07. The number of carbonyl (C=O) groups excluding carboxylic acids is 1. The van der Waals surface area contributed by atoms with Crippen LogP contribution in [0.4, 0.5) is 14.9 Å². The van der Waals surface area contributed by atoms with Crippen molar-refractivity contribution in [2.75, 3.05) is 5.32 Å². The van der Waals surface area contributed by atoms with Crippen LogP contribution in [-0.2, 0) is 6.54 Å². The third-order valence-corrected chi connectivity index (χ3v) is 2.28. The van der Waals surface area contributed by atoms with Crippen molar-refractivity contribution in [1.82, 2.24) is 10.3 Å². The molecule has 0 aliphatic heterocycles. The summed E-state index contributed by atoms with van der Waals surface area (Å²) in [6, 6.07) is 11.4. The monoisotopic (exact) mass is 245 g/mol. The number of pyridine rings is 1. The number of nitrogens with zero attached hydrogens (tertiary/aromatic N) is 1. The summed E-state index contributed by atoms with van der Waals surface area (Å²) in [7, 11) is 0. The van der Waals surface area contributed by atoms with Gasteiger partial charge in [0.2, 0.25) is 0 Å². The van der Waals surface area contributed by atoms with Gasteiger partial charge < -0.3 is 10.6 Å². The molecule has 0 aliphatic carbocycles. The van der Waals surface area contributed by atoms with Crippen LogP contribution in [-0.4, -0.2) is 11.0 Å². The summed E-state index contributed by atoms with van der Waals surface area (Å²) in [5, 5.41) is 5.17. The van der Waals surface area contributed by atoms with Gasteiger partial charge in [-0.1, -0.05) is 18.2 Å². The first-order valence-corrected chi connectivity index (χ1v) is 5.45. The molecule has 1 heterocycles. The highest BCUT2D eigenvalue weighted by molar-refractivity contribution is 5.89. The van der Waals surface area contributed by atoms with Crippen molar-refractivity contribution in [3.05, 3.63) is 60.2 Å². The molecule has 1 aromatic heterocycles. The Kier molecular flexibility index (Phi) is 3.86. The van der Waals surface area contributed by atoms with Crippen LogP contribution in [0.1, 0.15) is 5.69 Å². The summed E-state index contributed by atoms with van der Waals surface area (Å²) in [6.07, 6.45) is 1.48. The topological polar surface area (TPSA) is 54.0 Å². The standard InChI is InChI=1S/C13H12FN3O/c14-11-7-4-8-15-12(11)9-16-13(18)17-10-5-2-1-3-6-10/h1-8H,9H2,(H2,16,17,18). The Morgan fingerprint density at radius 3 is 2.67 bits per heavy atom. The second-order valence-corrected chi connectivity index (χ2v) is 3.61. The lowest BCUT2D eigenvalue weighted by atomic mass is 10.3. The smallest absolute Gasteiger partial charge is 0.319 e. The summed E-state index contributed by atoms with van der Waals surface area (Å²) in [6.45, 7) is 0.0470. The first-order valence-electron chi connectivity index (χ1n) is 5.45. The largest absolute Gasteiger partial charge is 0.332 e. The van der Waals surface area contributed by atoms with Crippen molar-refractivity contribution >= 4 is 11.7 Å². The number of amides is 2. The van der Waals surface area contributed by atoms with E-state index in [0.29, 0.717) is 5.69 Å². The van der Waals surface area contributed by atoms with Gasteiger partial charge in [0.05, 0.1) is 12.2 Å². The zero-order valence-electron chi connectivity index (χ0n) is 9.56. The molecule has 4 nitrogen and oxygen atoms in total. The molecule has 0 unspecified atom stereocenters. The van der Waals surface area contributed by atoms with Crippen LogP contribution in [0.3, 0.4) is 0 Å². The van der Waals surface area contributed by atoms with Crippen LogP contribution >= 0.6 is 0 Å². The molecular formula is C13H12FN3O. The highest BCUT2D eigenvalue weighted by atomic mass is 19.1. The SMILES string of the molecule is O=C(NCc1ncccc1F)Nc1ccccc1. The summed E-state index contributed by atoms with van der Waals surface area (Å²) in [5.41, 5.74) is 0.886. The summed E-state index contributed by atoms with van der Waals surface area (Å²) < 4.78 is 13.2. The Labute approximate surface area is 104 Å². The van der Waals surface area contributed by atoms with Gasteiger partial charge in [-0.25, -0.2) is 9.18 Å². The lowest BCUT2D eigenvalue weighted by molar-refractivity contribution is 0.251. The first-order chi connectivity index (χ1) is 8.75. The van der Waals surface area contributed by atoms with Crippen molar-refractivity contribution in [2.24, 2.45) is 0 Å². The minimum absolute atomic E-state index is 0.0470. The van der Waals surface area contributed by atoms with E-state index in [0.717, 1.165) is 0 Å². The molecule has 92 valence electrons. The van der Waals surface area contributed by atoms with E-state index in [-0.39, 0.29) is 12.2 Å². The summed E-state index contributed by atoms with van der Waals surface area (Å²) in [4.78, 5) is 15.4. The minimum atomic E-state index is -0.433. The van der Waals surface area contributed by atoms with Gasteiger partial charge >= 0.3 is 6.03 Å². The molecule has 0 radical (unpaired) electrons. The van der Waals surface area contributed by atoms with Crippen molar-refractivity contribution < 1.29 is 9.18 Å². The van der Waals surface area contributed by atoms with E-state index in [9.17, 15) is 9.18 Å². The molecule has 0 spiro atoms. The van der Waals surface area contributed by atoms with Crippen molar-refractivity contribution in [1.29, 1.82) is 0 Å². The number of nitrogens with one attached hydrogen (secondary N) is 2. The number of anilines is 1. The van der Waals surface area contributed by atoms with Crippen LogP contribution in [0.5, 0.6) is 0 Å². The molecule has 0 aliphatic rings. The van der Waals surface area contributed by atoms with E-state index in [1.807, 2.05) is 18.2 Å². The number of aromatic nitrogens is 1. The van der Waals surface area contributed by atoms with Gasteiger partial charge in [-0.05, 0) is 24.3 Å². The van der Waals surface area contributed by atoms with E-state index in [1.54, 1.807) is 12.1 Å². The van der Waals surface area contributed by atoms with Gasteiger partial charge in [0.15, 0.2) is 0 Å². The normalized spacial score (nSPS) is 9.83. The highest BCUT2D eigenvalue weighted by Crippen LogP contribution is 2.05. The second-order valence-electron chi connectivity index (χ2n) is 3.61. The summed E-state index contributed by atoms with van der Waals surface area (Å²) in [5.74, 6) is -0.433. The molecule has 5 heteroatoms. The number of halogens is 1. The van der Waals surface area contributed by atoms with Gasteiger partial charge in [-0.15, -0.1) is 0 Å². The molecule has 2 N–H and O–H groups in total. The molecule has 2 amide bonds. The second kappa shape index (κ2) is 5.77. The van der Waals surface area contributed by atoms with Crippen LogP contribution in [0.2, 0.25) is 0 Å². The molecule has 0 saturated carbocycles. The van der Waals surface area contributed by atoms with E-state index < -0.39 is 11.8 Å². The maximum absolute atomic E-state index is 13.2. The first kappa shape index (κ1) is 12.0. The molecule has 0 fully saturated rings. The average molecular weight is 245 g/mol. The maximum Gasteiger partial charge on any atom is 0.319 e.